The molecule has 2 N–H and O–H groups in total. The quantitative estimate of drug-likeness (QED) is 0.704. The van der Waals surface area contributed by atoms with Crippen LogP contribution >= 0.6 is 0 Å². The Morgan fingerprint density at radius 3 is 2.59 bits per heavy atom. The van der Waals surface area contributed by atoms with Gasteiger partial charge in [0.25, 0.3) is 5.91 Å². The van der Waals surface area contributed by atoms with Crippen molar-refractivity contribution in [1.82, 2.24) is 20.4 Å². The fourth-order valence-electron chi connectivity index (χ4n) is 5.99. The minimum absolute atomic E-state index is 0.0925. The van der Waals surface area contributed by atoms with Gasteiger partial charge in [-0.3, -0.25) is 19.7 Å². The molecule has 0 spiro atoms. The van der Waals surface area contributed by atoms with Crippen LogP contribution in [0.25, 0.3) is 0 Å². The standard InChI is InChI=1S/C25H34N4O3/c1-16-3-2-4-20(26-16)15-28-11-9-17(10-12-28)18-5-6-21-19(13-18)14-29(25(21)32)22-7-8-23(30)27-24(22)31/h5-6,13,16-17,20,22,26H,2-4,7-12,14-15H2,1H3,(H,27,30,31). The van der Waals surface area contributed by atoms with Gasteiger partial charge in [0, 0.05) is 37.2 Å². The van der Waals surface area contributed by atoms with Gasteiger partial charge < -0.3 is 15.1 Å². The molecular formula is C25H34N4O3. The van der Waals surface area contributed by atoms with Gasteiger partial charge in [-0.15, -0.1) is 0 Å². The maximum absolute atomic E-state index is 12.9. The third-order valence-electron chi connectivity index (χ3n) is 7.80. The van der Waals surface area contributed by atoms with E-state index in [4.69, 9.17) is 0 Å². The number of hydrogen-bond acceptors (Lipinski definition) is 5. The van der Waals surface area contributed by atoms with Gasteiger partial charge in [-0.25, -0.2) is 0 Å². The fourth-order valence-corrected chi connectivity index (χ4v) is 5.99. The molecule has 4 aliphatic rings. The summed E-state index contributed by atoms with van der Waals surface area (Å²) in [6.07, 6.45) is 6.89. The minimum Gasteiger partial charge on any atom is -0.322 e. The van der Waals surface area contributed by atoms with Crippen LogP contribution in [0.3, 0.4) is 0 Å². The van der Waals surface area contributed by atoms with Crippen LogP contribution < -0.4 is 10.6 Å². The van der Waals surface area contributed by atoms with Crippen LogP contribution in [-0.4, -0.2) is 65.3 Å². The molecule has 0 bridgehead atoms. The number of carbonyl (C=O) groups excluding carboxylic acids is 3. The second-order valence-electron chi connectivity index (χ2n) is 10.1. The van der Waals surface area contributed by atoms with Gasteiger partial charge in [-0.2, -0.15) is 0 Å². The number of likely N-dealkylation sites (tertiary alicyclic amines) is 1. The minimum atomic E-state index is -0.546. The molecular weight excluding hydrogens is 404 g/mol. The molecule has 5 rings (SSSR count). The Labute approximate surface area is 189 Å². The molecule has 3 saturated heterocycles. The Balaban J connectivity index is 1.19. The highest BCUT2D eigenvalue weighted by atomic mass is 16.2. The lowest BCUT2D eigenvalue weighted by Gasteiger charge is -2.37. The van der Waals surface area contributed by atoms with Crippen molar-refractivity contribution in [2.75, 3.05) is 19.6 Å². The molecule has 0 saturated carbocycles. The molecule has 0 radical (unpaired) electrons. The first-order valence-corrected chi connectivity index (χ1v) is 12.2. The zero-order chi connectivity index (χ0) is 22.2. The zero-order valence-electron chi connectivity index (χ0n) is 18.9. The number of piperidine rings is 3. The third kappa shape index (κ3) is 4.33. The number of imide groups is 1. The van der Waals surface area contributed by atoms with Crippen LogP contribution in [0.15, 0.2) is 18.2 Å². The molecule has 32 heavy (non-hydrogen) atoms. The summed E-state index contributed by atoms with van der Waals surface area (Å²) < 4.78 is 0. The molecule has 1 aromatic rings. The van der Waals surface area contributed by atoms with E-state index in [9.17, 15) is 14.4 Å². The smallest absolute Gasteiger partial charge is 0.255 e. The summed E-state index contributed by atoms with van der Waals surface area (Å²) in [6.45, 7) is 6.14. The first-order valence-electron chi connectivity index (χ1n) is 12.2. The number of benzene rings is 1. The Morgan fingerprint density at radius 1 is 1.03 bits per heavy atom. The molecule has 0 aromatic heterocycles. The van der Waals surface area contributed by atoms with Crippen molar-refractivity contribution in [2.45, 2.75) is 82.5 Å². The van der Waals surface area contributed by atoms with Gasteiger partial charge in [0.05, 0.1) is 0 Å². The van der Waals surface area contributed by atoms with E-state index in [0.29, 0.717) is 36.5 Å². The number of nitrogens with zero attached hydrogens (tertiary/aromatic N) is 2. The maximum Gasteiger partial charge on any atom is 0.255 e. The summed E-state index contributed by atoms with van der Waals surface area (Å²) >= 11 is 0. The van der Waals surface area contributed by atoms with Crippen LogP contribution in [0.5, 0.6) is 0 Å². The number of carbonyl (C=O) groups is 3. The lowest BCUT2D eigenvalue weighted by molar-refractivity contribution is -0.136. The average Bonchev–Trinajstić information content (AvgIpc) is 3.10. The molecule has 3 unspecified atom stereocenters. The van der Waals surface area contributed by atoms with Crippen molar-refractivity contribution in [1.29, 1.82) is 0 Å². The predicted octanol–water partition coefficient (Wildman–Crippen LogP) is 2.16. The van der Waals surface area contributed by atoms with Crippen LogP contribution in [0, 0.1) is 0 Å². The number of rotatable bonds is 4. The summed E-state index contributed by atoms with van der Waals surface area (Å²) in [5.41, 5.74) is 3.03. The summed E-state index contributed by atoms with van der Waals surface area (Å²) in [7, 11) is 0. The van der Waals surface area contributed by atoms with Gasteiger partial charge in [0.2, 0.25) is 11.8 Å². The molecule has 3 atom stereocenters. The van der Waals surface area contributed by atoms with Crippen LogP contribution in [0.2, 0.25) is 0 Å². The number of amides is 3. The van der Waals surface area contributed by atoms with E-state index in [0.717, 1.165) is 38.0 Å². The first-order chi connectivity index (χ1) is 15.5. The molecule has 1 aromatic carbocycles. The van der Waals surface area contributed by atoms with Crippen molar-refractivity contribution in [3.05, 3.63) is 34.9 Å². The van der Waals surface area contributed by atoms with Gasteiger partial charge >= 0.3 is 0 Å². The highest BCUT2D eigenvalue weighted by Gasteiger charge is 2.39. The predicted molar refractivity (Wildman–Crippen MR) is 121 cm³/mol. The lowest BCUT2D eigenvalue weighted by Crippen LogP contribution is -2.52. The monoisotopic (exact) mass is 438 g/mol. The van der Waals surface area contributed by atoms with E-state index >= 15 is 0 Å². The van der Waals surface area contributed by atoms with Crippen molar-refractivity contribution < 1.29 is 14.4 Å². The molecule has 3 amide bonds. The van der Waals surface area contributed by atoms with Gasteiger partial charge in [-0.05, 0) is 75.2 Å². The van der Waals surface area contributed by atoms with E-state index in [-0.39, 0.29) is 24.1 Å². The number of hydrogen-bond donors (Lipinski definition) is 2. The Hall–Kier alpha value is -2.25. The van der Waals surface area contributed by atoms with Crippen LogP contribution in [0.4, 0.5) is 0 Å². The second-order valence-corrected chi connectivity index (χ2v) is 10.1. The maximum atomic E-state index is 12.9. The molecule has 172 valence electrons. The normalized spacial score (nSPS) is 29.8. The summed E-state index contributed by atoms with van der Waals surface area (Å²) in [4.78, 5) is 40.9. The molecule has 4 heterocycles. The van der Waals surface area contributed by atoms with E-state index in [1.165, 1.54) is 24.8 Å². The van der Waals surface area contributed by atoms with E-state index in [2.05, 4.69) is 34.6 Å². The van der Waals surface area contributed by atoms with Gasteiger partial charge in [0.15, 0.2) is 0 Å². The van der Waals surface area contributed by atoms with Crippen LogP contribution in [0.1, 0.15) is 79.3 Å². The van der Waals surface area contributed by atoms with Crippen molar-refractivity contribution in [2.24, 2.45) is 0 Å². The van der Waals surface area contributed by atoms with E-state index in [1.807, 2.05) is 6.07 Å². The molecule has 4 aliphatic heterocycles. The molecule has 0 aliphatic carbocycles. The topological polar surface area (TPSA) is 81.8 Å². The van der Waals surface area contributed by atoms with Crippen molar-refractivity contribution in [3.63, 3.8) is 0 Å². The van der Waals surface area contributed by atoms with E-state index in [1.54, 1.807) is 4.90 Å². The molecule has 3 fully saturated rings. The van der Waals surface area contributed by atoms with E-state index < -0.39 is 6.04 Å². The van der Waals surface area contributed by atoms with Crippen LogP contribution in [-0.2, 0) is 16.1 Å². The summed E-state index contributed by atoms with van der Waals surface area (Å²) in [5.74, 6) is -0.172. The largest absolute Gasteiger partial charge is 0.322 e. The SMILES string of the molecule is CC1CCCC(CN2CCC(c3ccc4c(c3)CN(C3CCC(=O)NC3=O)C4=O)CC2)N1. The first kappa shape index (κ1) is 21.6. The molecule has 7 heteroatoms. The Kier molecular flexibility index (Phi) is 6.03. The highest BCUT2D eigenvalue weighted by molar-refractivity contribution is 6.05. The number of fused-ring (bicyclic) bond motifs is 1. The fraction of sp³-hybridized carbons (Fsp3) is 0.640. The Bertz CT molecular complexity index is 908. The van der Waals surface area contributed by atoms with Gasteiger partial charge in [0.1, 0.15) is 6.04 Å². The highest BCUT2D eigenvalue weighted by Crippen LogP contribution is 2.33. The number of nitrogens with one attached hydrogen (secondary N) is 2. The lowest BCUT2D eigenvalue weighted by atomic mass is 9.87. The zero-order valence-corrected chi connectivity index (χ0v) is 18.9. The molecule has 7 nitrogen and oxygen atoms in total. The second kappa shape index (κ2) is 8.94. The third-order valence-corrected chi connectivity index (χ3v) is 7.80. The average molecular weight is 439 g/mol. The Morgan fingerprint density at radius 2 is 1.84 bits per heavy atom. The summed E-state index contributed by atoms with van der Waals surface area (Å²) in [6, 6.07) is 6.95. The van der Waals surface area contributed by atoms with Crippen molar-refractivity contribution in [3.8, 4) is 0 Å². The summed E-state index contributed by atoms with van der Waals surface area (Å²) in [5, 5.41) is 6.12. The van der Waals surface area contributed by atoms with Crippen molar-refractivity contribution >= 4 is 17.7 Å². The van der Waals surface area contributed by atoms with Gasteiger partial charge in [-0.1, -0.05) is 18.6 Å².